The van der Waals surface area contributed by atoms with Crippen molar-refractivity contribution in [2.75, 3.05) is 20.0 Å². The number of ether oxygens (including phenoxy) is 4. The van der Waals surface area contributed by atoms with E-state index in [-0.39, 0.29) is 29.8 Å². The Morgan fingerprint density at radius 2 is 0.941 bits per heavy atom. The summed E-state index contributed by atoms with van der Waals surface area (Å²) in [6, 6.07) is 0. The Morgan fingerprint density at radius 3 is 1.21 bits per heavy atom. The molecule has 8 nitrogen and oxygen atoms in total. The van der Waals surface area contributed by atoms with Crippen LogP contribution < -0.4 is 0 Å². The summed E-state index contributed by atoms with van der Waals surface area (Å²) in [5.41, 5.74) is 0.910. The van der Waals surface area contributed by atoms with Gasteiger partial charge in [-0.3, -0.25) is 0 Å². The zero-order valence-electron chi connectivity index (χ0n) is 21.5. The van der Waals surface area contributed by atoms with Crippen LogP contribution in [0.5, 0.6) is 0 Å². The number of unbranched alkanes of at least 4 members (excludes halogenated alkanes) is 1. The first kappa shape index (κ1) is 33.0. The Morgan fingerprint density at radius 1 is 0.618 bits per heavy atom. The second-order valence-electron chi connectivity index (χ2n) is 8.21. The van der Waals surface area contributed by atoms with E-state index in [1.165, 1.54) is 13.8 Å². The van der Waals surface area contributed by atoms with Crippen LogP contribution >= 0.6 is 0 Å². The van der Waals surface area contributed by atoms with Crippen molar-refractivity contribution < 1.29 is 38.1 Å². The highest BCUT2D eigenvalue weighted by Crippen LogP contribution is 2.30. The predicted octanol–water partition coefficient (Wildman–Crippen LogP) is 4.99. The van der Waals surface area contributed by atoms with Crippen LogP contribution in [-0.2, 0) is 38.1 Å². The molecule has 0 aliphatic heterocycles. The Kier molecular flexibility index (Phi) is 16.8. The average Bonchev–Trinajstić information content (AvgIpc) is 2.78. The fourth-order valence-electron chi connectivity index (χ4n) is 2.19. The molecular weight excluding hydrogens is 440 g/mol. The first-order valence-electron chi connectivity index (χ1n) is 11.0. The van der Waals surface area contributed by atoms with Gasteiger partial charge in [-0.15, -0.1) is 0 Å². The van der Waals surface area contributed by atoms with Gasteiger partial charge in [0.1, 0.15) is 13.2 Å². The molecular formula is C26H40O8. The molecule has 0 radical (unpaired) electrons. The molecule has 0 saturated heterocycles. The molecule has 0 aromatic heterocycles. The summed E-state index contributed by atoms with van der Waals surface area (Å²) in [6.45, 7) is 24.3. The molecule has 0 unspecified atom stereocenters. The van der Waals surface area contributed by atoms with Gasteiger partial charge in [-0.1, -0.05) is 53.0 Å². The monoisotopic (exact) mass is 480 g/mol. The number of hydrogen-bond donors (Lipinski definition) is 0. The third kappa shape index (κ3) is 14.8. The molecule has 0 spiro atoms. The predicted molar refractivity (Wildman–Crippen MR) is 130 cm³/mol. The van der Waals surface area contributed by atoms with Crippen molar-refractivity contribution in [1.29, 1.82) is 0 Å². The van der Waals surface area contributed by atoms with Crippen molar-refractivity contribution in [3.63, 3.8) is 0 Å². The molecule has 8 heteroatoms. The number of hydrogen-bond acceptors (Lipinski definition) is 8. The maximum atomic E-state index is 11.6. The lowest BCUT2D eigenvalue weighted by atomic mass is 9.81. The van der Waals surface area contributed by atoms with Crippen LogP contribution in [0.3, 0.4) is 0 Å². The number of carbonyl (C=O) groups excluding carboxylic acids is 4. The van der Waals surface area contributed by atoms with Crippen molar-refractivity contribution >= 4 is 23.9 Å². The van der Waals surface area contributed by atoms with Crippen molar-refractivity contribution in [3.05, 3.63) is 48.6 Å². The van der Waals surface area contributed by atoms with Gasteiger partial charge in [0.15, 0.2) is 0 Å². The summed E-state index contributed by atoms with van der Waals surface area (Å²) in [4.78, 5) is 44.7. The summed E-state index contributed by atoms with van der Waals surface area (Å²) >= 11 is 0. The van der Waals surface area contributed by atoms with Gasteiger partial charge >= 0.3 is 23.9 Å². The fraction of sp³-hybridized carbons (Fsp3) is 0.538. The third-order valence-electron chi connectivity index (χ3n) is 4.60. The zero-order chi connectivity index (χ0) is 26.9. The van der Waals surface area contributed by atoms with E-state index in [1.54, 1.807) is 13.8 Å². The van der Waals surface area contributed by atoms with Gasteiger partial charge in [0.05, 0.1) is 0 Å². The molecule has 0 fully saturated rings. The standard InChI is InChI=1S/C17H28O4.C9H12O4/c1-7-9-10-17(8-2,11-20-15(18)13(3)4)12-21-16(19)14(5)6;1-6(2)8(10)12-5-13-9(11)7(3)4/h3,5,7-12H2,1-2,4,6H3;1,3,5H2,2,4H3. The SMILES string of the molecule is C=C(C)C(=O)OCC(CC)(CCCC)COC(=O)C(=C)C.C=C(C)C(=O)OCOC(=O)C(=C)C. The molecule has 0 aromatic carbocycles. The lowest BCUT2D eigenvalue weighted by molar-refractivity contribution is -0.161. The summed E-state index contributed by atoms with van der Waals surface area (Å²) in [7, 11) is 0. The van der Waals surface area contributed by atoms with Crippen LogP contribution in [0, 0.1) is 5.41 Å². The second-order valence-corrected chi connectivity index (χ2v) is 8.21. The molecule has 0 amide bonds. The molecule has 0 rings (SSSR count). The summed E-state index contributed by atoms with van der Waals surface area (Å²) in [5.74, 6) is -1.99. The van der Waals surface area contributed by atoms with E-state index in [0.29, 0.717) is 11.1 Å². The highest BCUT2D eigenvalue weighted by atomic mass is 16.7. The van der Waals surface area contributed by atoms with Crippen LogP contribution in [0.1, 0.15) is 67.2 Å². The minimum Gasteiger partial charge on any atom is -0.462 e. The summed E-state index contributed by atoms with van der Waals surface area (Å²) < 4.78 is 19.6. The van der Waals surface area contributed by atoms with E-state index in [4.69, 9.17) is 9.47 Å². The highest BCUT2D eigenvalue weighted by Gasteiger charge is 2.31. The van der Waals surface area contributed by atoms with Gasteiger partial charge in [-0.2, -0.15) is 0 Å². The molecule has 0 aromatic rings. The van der Waals surface area contributed by atoms with E-state index in [2.05, 4.69) is 42.7 Å². The van der Waals surface area contributed by atoms with Crippen molar-refractivity contribution in [1.82, 2.24) is 0 Å². The van der Waals surface area contributed by atoms with E-state index < -0.39 is 30.7 Å². The molecule has 0 heterocycles. The molecule has 0 aliphatic carbocycles. The maximum Gasteiger partial charge on any atom is 0.335 e. The summed E-state index contributed by atoms with van der Waals surface area (Å²) in [6.07, 6.45) is 3.63. The van der Waals surface area contributed by atoms with E-state index in [9.17, 15) is 19.2 Å². The number of rotatable bonds is 14. The van der Waals surface area contributed by atoms with Crippen molar-refractivity contribution in [2.24, 2.45) is 5.41 Å². The number of carbonyl (C=O) groups is 4. The van der Waals surface area contributed by atoms with Crippen LogP contribution in [-0.4, -0.2) is 43.9 Å². The fourth-order valence-corrected chi connectivity index (χ4v) is 2.19. The minimum atomic E-state index is -0.588. The lowest BCUT2D eigenvalue weighted by Gasteiger charge is -2.31. The van der Waals surface area contributed by atoms with Gasteiger partial charge < -0.3 is 18.9 Å². The van der Waals surface area contributed by atoms with Crippen molar-refractivity contribution in [3.8, 4) is 0 Å². The smallest absolute Gasteiger partial charge is 0.335 e. The minimum absolute atomic E-state index is 0.235. The largest absolute Gasteiger partial charge is 0.462 e. The average molecular weight is 481 g/mol. The van der Waals surface area contributed by atoms with E-state index in [0.717, 1.165) is 25.7 Å². The highest BCUT2D eigenvalue weighted by molar-refractivity contribution is 5.88. The molecule has 192 valence electrons. The van der Waals surface area contributed by atoms with Crippen LogP contribution in [0.2, 0.25) is 0 Å². The van der Waals surface area contributed by atoms with Crippen LogP contribution in [0.4, 0.5) is 0 Å². The Bertz CT molecular complexity index is 720. The maximum absolute atomic E-state index is 11.6. The van der Waals surface area contributed by atoms with Gasteiger partial charge in [0.2, 0.25) is 6.79 Å². The molecule has 0 saturated carbocycles. The molecule has 0 bridgehead atoms. The van der Waals surface area contributed by atoms with E-state index >= 15 is 0 Å². The van der Waals surface area contributed by atoms with Crippen molar-refractivity contribution in [2.45, 2.75) is 67.2 Å². The molecule has 0 aliphatic rings. The number of esters is 4. The lowest BCUT2D eigenvalue weighted by Crippen LogP contribution is -2.34. The first-order valence-corrected chi connectivity index (χ1v) is 11.0. The zero-order valence-corrected chi connectivity index (χ0v) is 21.5. The van der Waals surface area contributed by atoms with Gasteiger partial charge in [0.25, 0.3) is 0 Å². The van der Waals surface area contributed by atoms with Crippen LogP contribution in [0.15, 0.2) is 48.6 Å². The van der Waals surface area contributed by atoms with Crippen LogP contribution in [0.25, 0.3) is 0 Å². The summed E-state index contributed by atoms with van der Waals surface area (Å²) in [5, 5.41) is 0. The topological polar surface area (TPSA) is 105 Å². The quantitative estimate of drug-likeness (QED) is 0.148. The first-order chi connectivity index (χ1) is 15.7. The van der Waals surface area contributed by atoms with Gasteiger partial charge in [0, 0.05) is 27.7 Å². The Balaban J connectivity index is 0. The van der Waals surface area contributed by atoms with Gasteiger partial charge in [-0.25, -0.2) is 19.2 Å². The Hall–Kier alpha value is -3.16. The molecule has 0 atom stereocenters. The Labute approximate surface area is 203 Å². The van der Waals surface area contributed by atoms with E-state index in [1.807, 2.05) is 6.92 Å². The third-order valence-corrected chi connectivity index (χ3v) is 4.60. The molecule has 0 N–H and O–H groups in total. The second kappa shape index (κ2) is 17.3. The molecule has 34 heavy (non-hydrogen) atoms. The van der Waals surface area contributed by atoms with Gasteiger partial charge in [-0.05, 0) is 40.5 Å². The normalized spacial score (nSPS) is 10.1.